The van der Waals surface area contributed by atoms with Crippen molar-refractivity contribution >= 4 is 0 Å². The van der Waals surface area contributed by atoms with Crippen molar-refractivity contribution in [3.8, 4) is 0 Å². The molecule has 0 fully saturated rings. The van der Waals surface area contributed by atoms with Gasteiger partial charge in [-0.15, -0.1) is 0 Å². The molecule has 0 spiro atoms. The number of hydrogen-bond acceptors (Lipinski definition) is 0. The molecule has 0 radical (unpaired) electrons. The van der Waals surface area contributed by atoms with Gasteiger partial charge in [-0.1, -0.05) is 114 Å². The van der Waals surface area contributed by atoms with Gasteiger partial charge in [0.1, 0.15) is 0 Å². The molecular formula is C33H37Cl3Ti. The molecule has 0 saturated carbocycles. The molecule has 4 heteroatoms. The molecule has 0 aliphatic heterocycles. The molecule has 0 aromatic heterocycles. The fourth-order valence-electron chi connectivity index (χ4n) is 5.94. The second kappa shape index (κ2) is 14.8. The summed E-state index contributed by atoms with van der Waals surface area (Å²) in [6, 6.07) is 21.4. The second-order valence-corrected chi connectivity index (χ2v) is 10.1. The molecule has 4 rings (SSSR count). The van der Waals surface area contributed by atoms with Crippen LogP contribution in [0, 0.1) is 47.6 Å². The van der Waals surface area contributed by atoms with E-state index in [0.717, 1.165) is 19.3 Å². The molecule has 3 aromatic carbocycles. The zero-order valence-electron chi connectivity index (χ0n) is 23.0. The third-order valence-electron chi connectivity index (χ3n) is 6.86. The van der Waals surface area contributed by atoms with E-state index >= 15 is 0 Å². The Hall–Kier alpha value is -1.28. The molecule has 194 valence electrons. The molecule has 0 bridgehead atoms. The molecule has 0 atom stereocenters. The molecular weight excluding hydrogens is 551 g/mol. The van der Waals surface area contributed by atoms with E-state index in [1.165, 1.54) is 61.2 Å². The van der Waals surface area contributed by atoms with Gasteiger partial charge in [0.15, 0.2) is 0 Å². The monoisotopic (exact) mass is 586 g/mol. The summed E-state index contributed by atoms with van der Waals surface area (Å²) >= 11 is 0. The molecule has 0 unspecified atom stereocenters. The van der Waals surface area contributed by atoms with Crippen molar-refractivity contribution in [2.45, 2.75) is 73.1 Å². The summed E-state index contributed by atoms with van der Waals surface area (Å²) in [4.78, 5) is 0. The van der Waals surface area contributed by atoms with Gasteiger partial charge < -0.3 is 37.2 Å². The normalized spacial score (nSPS) is 12.3. The summed E-state index contributed by atoms with van der Waals surface area (Å²) in [6.07, 6.45) is 9.05. The molecule has 0 amide bonds. The number of hydrogen-bond donors (Lipinski definition) is 0. The zero-order valence-corrected chi connectivity index (χ0v) is 26.9. The van der Waals surface area contributed by atoms with Gasteiger partial charge in [0, 0.05) is 5.41 Å². The minimum absolute atomic E-state index is 0. The van der Waals surface area contributed by atoms with Crippen molar-refractivity contribution in [1.29, 1.82) is 0 Å². The molecule has 37 heavy (non-hydrogen) atoms. The summed E-state index contributed by atoms with van der Waals surface area (Å²) < 4.78 is 0. The summed E-state index contributed by atoms with van der Waals surface area (Å²) in [5.74, 6) is 0. The van der Waals surface area contributed by atoms with Crippen molar-refractivity contribution in [2.24, 2.45) is 0 Å². The van der Waals surface area contributed by atoms with E-state index in [0.29, 0.717) is 0 Å². The van der Waals surface area contributed by atoms with Gasteiger partial charge in [-0.25, -0.2) is 5.57 Å². The fourth-order valence-corrected chi connectivity index (χ4v) is 5.94. The Morgan fingerprint density at radius 1 is 0.595 bits per heavy atom. The number of halogens is 3. The average Bonchev–Trinajstić information content (AvgIpc) is 3.15. The SMILES string of the molecule is CCCC1=C(C(c2cc(C)cc(C)c2)(c2cc(C)cc(C)c2)c2cc(C)cc(C)c2)CC=[C-]1.[Cl-].[Cl-].[Cl-].[Ti+4]. The van der Waals surface area contributed by atoms with Crippen LogP contribution in [0.5, 0.6) is 0 Å². The predicted molar refractivity (Wildman–Crippen MR) is 142 cm³/mol. The maximum atomic E-state index is 3.66. The Kier molecular flexibility index (Phi) is 14.3. The third-order valence-corrected chi connectivity index (χ3v) is 6.86. The quantitative estimate of drug-likeness (QED) is 0.212. The van der Waals surface area contributed by atoms with Gasteiger partial charge in [-0.05, 0) is 58.2 Å². The van der Waals surface area contributed by atoms with Crippen LogP contribution in [0.3, 0.4) is 0 Å². The van der Waals surface area contributed by atoms with Crippen LogP contribution in [-0.4, -0.2) is 0 Å². The van der Waals surface area contributed by atoms with Crippen molar-refractivity contribution in [2.75, 3.05) is 0 Å². The standard InChI is InChI=1S/C33H37.3ClH.Ti/c1-8-10-28-11-9-12-32(28)33(29-16-22(2)13-23(3)17-29,30-18-24(4)14-25(5)19-30)31-20-26(6)15-27(7)21-31;;;;/h9,13-21H,8,10,12H2,1-7H3;3*1H;/q-1;;;;+4/p-3. The Labute approximate surface area is 258 Å². The van der Waals surface area contributed by atoms with Gasteiger partial charge in [0.25, 0.3) is 0 Å². The predicted octanol–water partition coefficient (Wildman–Crippen LogP) is -0.259. The number of rotatable bonds is 6. The zero-order chi connectivity index (χ0) is 23.8. The van der Waals surface area contributed by atoms with E-state index in [1.807, 2.05) is 0 Å². The Bertz CT molecular complexity index is 1080. The molecule has 0 saturated heterocycles. The smallest absolute Gasteiger partial charge is 1.00 e. The van der Waals surface area contributed by atoms with Crippen LogP contribution in [0.15, 0.2) is 71.8 Å². The van der Waals surface area contributed by atoms with Gasteiger partial charge in [-0.3, -0.25) is 6.08 Å². The molecule has 0 N–H and O–H groups in total. The minimum Gasteiger partial charge on any atom is -1.00 e. The van der Waals surface area contributed by atoms with E-state index in [2.05, 4.69) is 115 Å². The van der Waals surface area contributed by atoms with Crippen LogP contribution in [0.1, 0.15) is 76.3 Å². The minimum atomic E-state index is -0.338. The Balaban J connectivity index is 0.00000324. The van der Waals surface area contributed by atoms with E-state index in [9.17, 15) is 0 Å². The van der Waals surface area contributed by atoms with E-state index in [-0.39, 0.29) is 64.4 Å². The molecule has 1 aliphatic carbocycles. The maximum Gasteiger partial charge on any atom is 4.00 e. The first-order valence-electron chi connectivity index (χ1n) is 12.3. The van der Waals surface area contributed by atoms with Gasteiger partial charge in [0.2, 0.25) is 0 Å². The summed E-state index contributed by atoms with van der Waals surface area (Å²) in [7, 11) is 0. The van der Waals surface area contributed by atoms with E-state index in [4.69, 9.17) is 0 Å². The van der Waals surface area contributed by atoms with Gasteiger partial charge in [-0.2, -0.15) is 11.6 Å². The topological polar surface area (TPSA) is 0 Å². The largest absolute Gasteiger partial charge is 4.00 e. The van der Waals surface area contributed by atoms with E-state index < -0.39 is 0 Å². The van der Waals surface area contributed by atoms with Crippen LogP contribution >= 0.6 is 0 Å². The maximum absolute atomic E-state index is 3.66. The average molecular weight is 588 g/mol. The van der Waals surface area contributed by atoms with Crippen molar-refractivity contribution in [1.82, 2.24) is 0 Å². The second-order valence-electron chi connectivity index (χ2n) is 10.1. The molecule has 0 nitrogen and oxygen atoms in total. The first-order chi connectivity index (χ1) is 15.7. The van der Waals surface area contributed by atoms with Crippen LogP contribution in [0.4, 0.5) is 0 Å². The molecule has 0 heterocycles. The summed E-state index contributed by atoms with van der Waals surface area (Å²) in [5.41, 5.74) is 14.5. The summed E-state index contributed by atoms with van der Waals surface area (Å²) in [6.45, 7) is 15.6. The first kappa shape index (κ1) is 35.7. The number of allylic oxidation sites excluding steroid dienone is 4. The molecule has 1 aliphatic rings. The summed E-state index contributed by atoms with van der Waals surface area (Å²) in [5, 5.41) is 0. The number of aryl methyl sites for hydroxylation is 6. The number of benzene rings is 3. The fraction of sp³-hybridized carbons (Fsp3) is 0.333. The third kappa shape index (κ3) is 7.23. The first-order valence-corrected chi connectivity index (χ1v) is 12.3. The van der Waals surface area contributed by atoms with Crippen molar-refractivity contribution in [3.05, 3.63) is 128 Å². The van der Waals surface area contributed by atoms with Crippen molar-refractivity contribution in [3.63, 3.8) is 0 Å². The Morgan fingerprint density at radius 3 is 1.22 bits per heavy atom. The van der Waals surface area contributed by atoms with Crippen LogP contribution < -0.4 is 37.2 Å². The van der Waals surface area contributed by atoms with Crippen LogP contribution in [0.25, 0.3) is 0 Å². The molecule has 3 aromatic rings. The van der Waals surface area contributed by atoms with Gasteiger partial charge in [0.05, 0.1) is 0 Å². The van der Waals surface area contributed by atoms with Crippen LogP contribution in [0.2, 0.25) is 0 Å². The van der Waals surface area contributed by atoms with E-state index in [1.54, 1.807) is 0 Å². The Morgan fingerprint density at radius 2 is 0.919 bits per heavy atom. The van der Waals surface area contributed by atoms with Crippen LogP contribution in [-0.2, 0) is 27.1 Å². The van der Waals surface area contributed by atoms with Gasteiger partial charge >= 0.3 is 21.7 Å². The van der Waals surface area contributed by atoms with Crippen molar-refractivity contribution < 1.29 is 58.9 Å².